The molecule has 0 saturated heterocycles. The van der Waals surface area contributed by atoms with Crippen LogP contribution in [0.3, 0.4) is 0 Å². The smallest absolute Gasteiger partial charge is 0.227 e. The molecule has 1 aliphatic carbocycles. The molecule has 27 heavy (non-hydrogen) atoms. The van der Waals surface area contributed by atoms with Crippen molar-refractivity contribution >= 4 is 28.1 Å². The molecule has 1 aliphatic rings. The number of ether oxygens (including phenoxy) is 1. The van der Waals surface area contributed by atoms with Gasteiger partial charge < -0.3 is 15.4 Å². The Morgan fingerprint density at radius 3 is 2.81 bits per heavy atom. The first-order valence-electron chi connectivity index (χ1n) is 8.76. The second-order valence-electron chi connectivity index (χ2n) is 6.49. The Bertz CT molecular complexity index is 944. The van der Waals surface area contributed by atoms with Crippen molar-refractivity contribution in [3.8, 4) is 10.6 Å². The Balaban J connectivity index is 1.60. The van der Waals surface area contributed by atoms with Crippen LogP contribution in [0.25, 0.3) is 10.6 Å². The van der Waals surface area contributed by atoms with E-state index in [9.17, 15) is 4.39 Å². The van der Waals surface area contributed by atoms with Gasteiger partial charge in [0.1, 0.15) is 5.82 Å². The molecule has 0 fully saturated rings. The molecule has 1 atom stereocenters. The summed E-state index contributed by atoms with van der Waals surface area (Å²) in [4.78, 5) is 14.9. The van der Waals surface area contributed by atoms with Gasteiger partial charge in [-0.15, -0.1) is 0 Å². The minimum Gasteiger partial charge on any atom is -0.383 e. The molecule has 0 saturated carbocycles. The molecule has 2 heterocycles. The molecule has 0 aliphatic heterocycles. The molecule has 0 radical (unpaired) electrons. The van der Waals surface area contributed by atoms with Crippen LogP contribution in [0, 0.1) is 5.82 Å². The molecule has 0 amide bonds. The fourth-order valence-corrected chi connectivity index (χ4v) is 4.18. The van der Waals surface area contributed by atoms with Crippen molar-refractivity contribution in [2.45, 2.75) is 25.8 Å². The van der Waals surface area contributed by atoms with E-state index < -0.39 is 0 Å². The topological polar surface area (TPSA) is 72.0 Å². The summed E-state index contributed by atoms with van der Waals surface area (Å²) >= 11 is 1.60. The number of hydrogen-bond donors (Lipinski definition) is 2. The zero-order valence-corrected chi connectivity index (χ0v) is 15.9. The lowest BCUT2D eigenvalue weighted by atomic mass is 10.00. The van der Waals surface area contributed by atoms with Gasteiger partial charge in [-0.05, 0) is 49.6 Å². The molecule has 140 valence electrons. The van der Waals surface area contributed by atoms with E-state index in [-0.39, 0.29) is 11.9 Å². The van der Waals surface area contributed by atoms with E-state index in [2.05, 4.69) is 22.5 Å². The summed E-state index contributed by atoms with van der Waals surface area (Å²) in [6.07, 6.45) is 3.61. The van der Waals surface area contributed by atoms with Crippen LogP contribution in [0.1, 0.15) is 18.2 Å². The number of thiazole rings is 1. The minimum atomic E-state index is -0.274. The van der Waals surface area contributed by atoms with Crippen LogP contribution in [-0.2, 0) is 17.6 Å². The van der Waals surface area contributed by atoms with Gasteiger partial charge in [-0.1, -0.05) is 11.3 Å². The second-order valence-corrected chi connectivity index (χ2v) is 7.49. The quantitative estimate of drug-likeness (QED) is 0.668. The van der Waals surface area contributed by atoms with Crippen LogP contribution in [0.2, 0.25) is 0 Å². The number of anilines is 3. The lowest BCUT2D eigenvalue weighted by Gasteiger charge is -2.14. The summed E-state index contributed by atoms with van der Waals surface area (Å²) in [6.45, 7) is 2.68. The van der Waals surface area contributed by atoms with Gasteiger partial charge >= 0.3 is 0 Å². The monoisotopic (exact) mass is 385 g/mol. The highest BCUT2D eigenvalue weighted by Gasteiger charge is 2.23. The van der Waals surface area contributed by atoms with Crippen molar-refractivity contribution in [3.05, 3.63) is 47.5 Å². The van der Waals surface area contributed by atoms with Crippen molar-refractivity contribution < 1.29 is 9.13 Å². The SMILES string of the molecule is COCC(C)Nc1nc2c(s1)-c1nc(Nc3ccc(F)cc3)ncc1CC2. The predicted molar refractivity (Wildman–Crippen MR) is 105 cm³/mol. The Morgan fingerprint density at radius 2 is 2.04 bits per heavy atom. The fourth-order valence-electron chi connectivity index (χ4n) is 3.03. The molecule has 2 aromatic heterocycles. The first-order valence-corrected chi connectivity index (χ1v) is 9.58. The Hall–Kier alpha value is -2.58. The first kappa shape index (κ1) is 17.8. The van der Waals surface area contributed by atoms with Crippen molar-refractivity contribution in [2.75, 3.05) is 24.4 Å². The standard InChI is InChI=1S/C19H20FN5OS/c1-11(10-26-2)22-19-24-15-8-3-12-9-21-18(25-16(12)17(15)27-19)23-14-6-4-13(20)5-7-14/h4-7,9,11H,3,8,10H2,1-2H3,(H,22,24)(H,21,23,25). The Kier molecular flexibility index (Phi) is 5.00. The molecule has 4 rings (SSSR count). The van der Waals surface area contributed by atoms with Gasteiger partial charge in [0.2, 0.25) is 5.95 Å². The van der Waals surface area contributed by atoms with Crippen molar-refractivity contribution in [1.82, 2.24) is 15.0 Å². The summed E-state index contributed by atoms with van der Waals surface area (Å²) in [5.74, 6) is 0.216. The predicted octanol–water partition coefficient (Wildman–Crippen LogP) is 4.03. The molecule has 2 N–H and O–H groups in total. The van der Waals surface area contributed by atoms with E-state index >= 15 is 0 Å². The molecule has 0 spiro atoms. The van der Waals surface area contributed by atoms with Gasteiger partial charge in [-0.3, -0.25) is 0 Å². The number of aromatic nitrogens is 3. The maximum absolute atomic E-state index is 13.1. The maximum atomic E-state index is 13.1. The summed E-state index contributed by atoms with van der Waals surface area (Å²) in [5.41, 5.74) is 3.84. The normalized spacial score (nSPS) is 13.6. The number of aryl methyl sites for hydroxylation is 2. The molecule has 0 bridgehead atoms. The number of halogens is 1. The van der Waals surface area contributed by atoms with Crippen LogP contribution >= 0.6 is 11.3 Å². The van der Waals surface area contributed by atoms with E-state index in [1.54, 1.807) is 30.6 Å². The zero-order chi connectivity index (χ0) is 18.8. The first-order chi connectivity index (χ1) is 13.1. The molecular weight excluding hydrogens is 365 g/mol. The molecule has 8 heteroatoms. The van der Waals surface area contributed by atoms with E-state index in [4.69, 9.17) is 14.7 Å². The fraction of sp³-hybridized carbons (Fsp3) is 0.316. The molecular formula is C19H20FN5OS. The minimum absolute atomic E-state index is 0.183. The molecule has 6 nitrogen and oxygen atoms in total. The summed E-state index contributed by atoms with van der Waals surface area (Å²) < 4.78 is 18.3. The second kappa shape index (κ2) is 7.58. The molecule has 1 unspecified atom stereocenters. The number of methoxy groups -OCH3 is 1. The number of nitrogens with zero attached hydrogens (tertiary/aromatic N) is 3. The lowest BCUT2D eigenvalue weighted by molar-refractivity contribution is 0.190. The zero-order valence-electron chi connectivity index (χ0n) is 15.1. The lowest BCUT2D eigenvalue weighted by Crippen LogP contribution is -2.20. The van der Waals surface area contributed by atoms with E-state index in [0.29, 0.717) is 12.6 Å². The third kappa shape index (κ3) is 3.91. The summed E-state index contributed by atoms with van der Waals surface area (Å²) in [6, 6.07) is 6.32. The number of rotatable bonds is 6. The van der Waals surface area contributed by atoms with Crippen LogP contribution in [0.5, 0.6) is 0 Å². The Labute approximate surface area is 160 Å². The van der Waals surface area contributed by atoms with Gasteiger partial charge in [0.15, 0.2) is 5.13 Å². The number of fused-ring (bicyclic) bond motifs is 3. The molecule has 1 aromatic carbocycles. The maximum Gasteiger partial charge on any atom is 0.227 e. The highest BCUT2D eigenvalue weighted by atomic mass is 32.1. The van der Waals surface area contributed by atoms with E-state index in [0.717, 1.165) is 45.5 Å². The Morgan fingerprint density at radius 1 is 1.22 bits per heavy atom. The average Bonchev–Trinajstić information content (AvgIpc) is 3.06. The largest absolute Gasteiger partial charge is 0.383 e. The van der Waals surface area contributed by atoms with Crippen LogP contribution in [0.15, 0.2) is 30.5 Å². The van der Waals surface area contributed by atoms with Crippen LogP contribution in [-0.4, -0.2) is 34.7 Å². The van der Waals surface area contributed by atoms with Gasteiger partial charge in [0, 0.05) is 25.0 Å². The third-order valence-electron chi connectivity index (χ3n) is 4.30. The summed E-state index contributed by atoms with van der Waals surface area (Å²) in [5, 5.41) is 7.39. The van der Waals surface area contributed by atoms with Crippen molar-refractivity contribution in [1.29, 1.82) is 0 Å². The number of hydrogen-bond acceptors (Lipinski definition) is 7. The number of nitrogens with one attached hydrogen (secondary N) is 2. The van der Waals surface area contributed by atoms with Gasteiger partial charge in [-0.2, -0.15) is 0 Å². The van der Waals surface area contributed by atoms with Crippen molar-refractivity contribution in [3.63, 3.8) is 0 Å². The number of benzene rings is 1. The van der Waals surface area contributed by atoms with E-state index in [1.165, 1.54) is 12.1 Å². The highest BCUT2D eigenvalue weighted by molar-refractivity contribution is 7.19. The average molecular weight is 385 g/mol. The van der Waals surface area contributed by atoms with Crippen LogP contribution < -0.4 is 10.6 Å². The highest BCUT2D eigenvalue weighted by Crippen LogP contribution is 2.38. The van der Waals surface area contributed by atoms with Gasteiger partial charge in [-0.25, -0.2) is 19.3 Å². The van der Waals surface area contributed by atoms with Crippen molar-refractivity contribution in [2.24, 2.45) is 0 Å². The third-order valence-corrected chi connectivity index (χ3v) is 5.33. The van der Waals surface area contributed by atoms with Gasteiger partial charge in [0.25, 0.3) is 0 Å². The molecule has 3 aromatic rings. The van der Waals surface area contributed by atoms with Crippen LogP contribution in [0.4, 0.5) is 21.2 Å². The summed E-state index contributed by atoms with van der Waals surface area (Å²) in [7, 11) is 1.69. The van der Waals surface area contributed by atoms with Gasteiger partial charge in [0.05, 0.1) is 22.9 Å². The van der Waals surface area contributed by atoms with E-state index in [1.807, 2.05) is 6.20 Å².